The van der Waals surface area contributed by atoms with Gasteiger partial charge in [-0.3, -0.25) is 4.79 Å². The molecule has 8 heteroatoms. The number of amides is 1. The highest BCUT2D eigenvalue weighted by atomic mass is 19.1. The highest BCUT2D eigenvalue weighted by Gasteiger charge is 2.15. The molecule has 1 amide bonds. The molecule has 31 heavy (non-hydrogen) atoms. The number of halogens is 1. The van der Waals surface area contributed by atoms with Gasteiger partial charge in [0, 0.05) is 17.8 Å². The van der Waals surface area contributed by atoms with Gasteiger partial charge < -0.3 is 19.4 Å². The van der Waals surface area contributed by atoms with E-state index < -0.39 is 0 Å². The lowest BCUT2D eigenvalue weighted by atomic mass is 10.2. The lowest BCUT2D eigenvalue weighted by molar-refractivity contribution is 0.0949. The lowest BCUT2D eigenvalue weighted by Crippen LogP contribution is -2.25. The maximum atomic E-state index is 13.3. The number of fused-ring (bicyclic) bond motifs is 1. The number of aromatic nitrogens is 3. The molecule has 0 aliphatic carbocycles. The molecule has 0 unspecified atom stereocenters. The first-order chi connectivity index (χ1) is 15.1. The quantitative estimate of drug-likeness (QED) is 0.495. The average Bonchev–Trinajstić information content (AvgIpc) is 3.15. The van der Waals surface area contributed by atoms with Crippen LogP contribution in [0, 0.1) is 5.82 Å². The number of hydrogen-bond acceptors (Lipinski definition) is 5. The number of hydrogen-bond donors (Lipinski definition) is 1. The molecule has 2 heterocycles. The first-order valence-electron chi connectivity index (χ1n) is 9.63. The minimum absolute atomic E-state index is 0.190. The van der Waals surface area contributed by atoms with E-state index in [1.54, 1.807) is 36.5 Å². The van der Waals surface area contributed by atoms with Gasteiger partial charge >= 0.3 is 0 Å². The molecule has 0 aliphatic rings. The third-order valence-corrected chi connectivity index (χ3v) is 4.86. The highest BCUT2D eigenvalue weighted by Crippen LogP contribution is 2.23. The minimum atomic E-state index is -0.293. The molecule has 1 N–H and O–H groups in total. The fourth-order valence-corrected chi connectivity index (χ4v) is 3.28. The summed E-state index contributed by atoms with van der Waals surface area (Å²) in [5.41, 5.74) is 2.73. The smallest absolute Gasteiger partial charge is 0.251 e. The molecule has 0 radical (unpaired) electrons. The Labute approximate surface area is 178 Å². The van der Waals surface area contributed by atoms with Crippen molar-refractivity contribution in [3.05, 3.63) is 83.6 Å². The van der Waals surface area contributed by atoms with Gasteiger partial charge in [-0.2, -0.15) is 0 Å². The van der Waals surface area contributed by atoms with Crippen molar-refractivity contribution in [1.82, 2.24) is 19.9 Å². The zero-order valence-electron chi connectivity index (χ0n) is 17.1. The summed E-state index contributed by atoms with van der Waals surface area (Å²) >= 11 is 0. The Hall–Kier alpha value is -3.94. The van der Waals surface area contributed by atoms with Crippen LogP contribution < -0.4 is 14.8 Å². The van der Waals surface area contributed by atoms with Gasteiger partial charge in [0.2, 0.25) is 0 Å². The molecule has 0 saturated heterocycles. The Bertz CT molecular complexity index is 1200. The van der Waals surface area contributed by atoms with Gasteiger partial charge in [0.15, 0.2) is 5.65 Å². The molecule has 0 bridgehead atoms. The normalized spacial score (nSPS) is 10.8. The van der Waals surface area contributed by atoms with Gasteiger partial charge in [-0.05, 0) is 42.0 Å². The summed E-state index contributed by atoms with van der Waals surface area (Å²) in [5.74, 6) is 1.11. The number of rotatable bonds is 7. The Balaban J connectivity index is 1.60. The van der Waals surface area contributed by atoms with Gasteiger partial charge in [0.25, 0.3) is 5.91 Å². The summed E-state index contributed by atoms with van der Waals surface area (Å²) < 4.78 is 25.7. The molecule has 7 nitrogen and oxygen atoms in total. The monoisotopic (exact) mass is 420 g/mol. The Kier molecular flexibility index (Phi) is 5.79. The number of ether oxygens (including phenoxy) is 2. The fraction of sp³-hybridized carbons (Fsp3) is 0.174. The van der Waals surface area contributed by atoms with Crippen molar-refractivity contribution < 1.29 is 18.7 Å². The number of imidazole rings is 1. The first kappa shape index (κ1) is 20.3. The van der Waals surface area contributed by atoms with Gasteiger partial charge in [-0.25, -0.2) is 14.4 Å². The Morgan fingerprint density at radius 1 is 1.06 bits per heavy atom. The van der Waals surface area contributed by atoms with Crippen LogP contribution in [0.5, 0.6) is 11.5 Å². The van der Waals surface area contributed by atoms with Gasteiger partial charge in [-0.1, -0.05) is 12.1 Å². The van der Waals surface area contributed by atoms with Crippen LogP contribution in [0.1, 0.15) is 21.7 Å². The number of benzene rings is 2. The van der Waals surface area contributed by atoms with E-state index >= 15 is 0 Å². The molecule has 2 aromatic carbocycles. The van der Waals surface area contributed by atoms with E-state index in [4.69, 9.17) is 9.47 Å². The van der Waals surface area contributed by atoms with E-state index in [1.165, 1.54) is 26.4 Å². The van der Waals surface area contributed by atoms with Crippen LogP contribution in [0.25, 0.3) is 11.2 Å². The minimum Gasteiger partial charge on any atom is -0.497 e. The Morgan fingerprint density at radius 2 is 1.77 bits per heavy atom. The number of pyridine rings is 1. The summed E-state index contributed by atoms with van der Waals surface area (Å²) in [4.78, 5) is 21.8. The van der Waals surface area contributed by atoms with Gasteiger partial charge in [-0.15, -0.1) is 0 Å². The number of nitrogens with zero attached hydrogens (tertiary/aromatic N) is 3. The van der Waals surface area contributed by atoms with E-state index in [-0.39, 0.29) is 18.3 Å². The highest BCUT2D eigenvalue weighted by molar-refractivity contribution is 5.95. The van der Waals surface area contributed by atoms with Gasteiger partial charge in [0.05, 0.1) is 27.3 Å². The SMILES string of the molecule is COc1cc(OC)cc(C(=O)NCc2nc3cccnc3n2Cc2ccc(F)cc2)c1. The number of carbonyl (C=O) groups excluding carboxylic acids is 1. The second-order valence-corrected chi connectivity index (χ2v) is 6.87. The van der Waals surface area contributed by atoms with Crippen molar-refractivity contribution in [3.63, 3.8) is 0 Å². The van der Waals surface area contributed by atoms with Crippen molar-refractivity contribution in [2.45, 2.75) is 13.1 Å². The molecule has 4 aromatic rings. The zero-order valence-corrected chi connectivity index (χ0v) is 17.1. The molecule has 0 saturated carbocycles. The van der Waals surface area contributed by atoms with Crippen LogP contribution in [-0.2, 0) is 13.1 Å². The molecular formula is C23H21FN4O3. The van der Waals surface area contributed by atoms with Crippen LogP contribution >= 0.6 is 0 Å². The van der Waals surface area contributed by atoms with E-state index in [1.807, 2.05) is 16.7 Å². The molecule has 0 spiro atoms. The predicted octanol–water partition coefficient (Wildman–Crippen LogP) is 3.57. The largest absolute Gasteiger partial charge is 0.497 e. The molecule has 0 fully saturated rings. The van der Waals surface area contributed by atoms with Crippen LogP contribution in [0.4, 0.5) is 4.39 Å². The van der Waals surface area contributed by atoms with Crippen molar-refractivity contribution in [2.24, 2.45) is 0 Å². The molecule has 2 aromatic heterocycles. The number of methoxy groups -OCH3 is 2. The van der Waals surface area contributed by atoms with Crippen LogP contribution in [0.2, 0.25) is 0 Å². The number of carbonyl (C=O) groups is 1. The van der Waals surface area contributed by atoms with E-state index in [2.05, 4.69) is 15.3 Å². The van der Waals surface area contributed by atoms with E-state index in [9.17, 15) is 9.18 Å². The van der Waals surface area contributed by atoms with Crippen LogP contribution in [-0.4, -0.2) is 34.7 Å². The third kappa shape index (κ3) is 4.48. The zero-order chi connectivity index (χ0) is 21.8. The van der Waals surface area contributed by atoms with Crippen molar-refractivity contribution in [1.29, 1.82) is 0 Å². The van der Waals surface area contributed by atoms with Crippen LogP contribution in [0.3, 0.4) is 0 Å². The summed E-state index contributed by atoms with van der Waals surface area (Å²) in [6, 6.07) is 14.9. The molecular weight excluding hydrogens is 399 g/mol. The maximum absolute atomic E-state index is 13.3. The summed E-state index contributed by atoms with van der Waals surface area (Å²) in [7, 11) is 3.06. The van der Waals surface area contributed by atoms with E-state index in [0.717, 1.165) is 11.1 Å². The first-order valence-corrected chi connectivity index (χ1v) is 9.63. The Morgan fingerprint density at radius 3 is 2.45 bits per heavy atom. The summed E-state index contributed by atoms with van der Waals surface area (Å²) in [6.07, 6.45) is 1.69. The van der Waals surface area contributed by atoms with Crippen molar-refractivity contribution in [2.75, 3.05) is 14.2 Å². The topological polar surface area (TPSA) is 78.3 Å². The average molecular weight is 420 g/mol. The molecule has 4 rings (SSSR count). The van der Waals surface area contributed by atoms with Crippen molar-refractivity contribution in [3.8, 4) is 11.5 Å². The number of nitrogens with one attached hydrogen (secondary N) is 1. The summed E-state index contributed by atoms with van der Waals surface area (Å²) in [5, 5.41) is 2.89. The third-order valence-electron chi connectivity index (χ3n) is 4.86. The molecule has 158 valence electrons. The summed E-state index contributed by atoms with van der Waals surface area (Å²) in [6.45, 7) is 0.641. The second-order valence-electron chi connectivity index (χ2n) is 6.87. The molecule has 0 aliphatic heterocycles. The van der Waals surface area contributed by atoms with Crippen LogP contribution in [0.15, 0.2) is 60.8 Å². The predicted molar refractivity (Wildman–Crippen MR) is 114 cm³/mol. The van der Waals surface area contributed by atoms with E-state index in [0.29, 0.717) is 35.1 Å². The van der Waals surface area contributed by atoms with Gasteiger partial charge in [0.1, 0.15) is 28.7 Å². The standard InChI is InChI=1S/C23H21FN4O3/c1-30-18-10-16(11-19(12-18)31-2)23(29)26-13-21-27-20-4-3-9-25-22(20)28(21)14-15-5-7-17(24)8-6-15/h3-12H,13-14H2,1-2H3,(H,26,29). The fourth-order valence-electron chi connectivity index (χ4n) is 3.28. The lowest BCUT2D eigenvalue weighted by Gasteiger charge is -2.11. The van der Waals surface area contributed by atoms with Crippen molar-refractivity contribution >= 4 is 17.1 Å². The maximum Gasteiger partial charge on any atom is 0.251 e. The molecule has 0 atom stereocenters. The second kappa shape index (κ2) is 8.83.